The van der Waals surface area contributed by atoms with E-state index < -0.39 is 0 Å². The molecule has 1 heterocycles. The number of aliphatic imine (C=N–C) groups is 1. The SMILES string of the molecule is C[C@H](c1cccc2ccccc12)N(C)C1=N[C@]1(C)Cc1ccc(OCc2ccccc2)c(OCc2ccccc2)c1. The number of nitrogens with zero attached hydrogens (tertiary/aromatic N) is 2. The number of rotatable bonds is 10. The predicted octanol–water partition coefficient (Wildman–Crippen LogP) is 8.40. The number of amidine groups is 1. The second-order valence-corrected chi connectivity index (χ2v) is 11.1. The molecule has 4 heteroatoms. The summed E-state index contributed by atoms with van der Waals surface area (Å²) in [5, 5.41) is 2.56. The van der Waals surface area contributed by atoms with Crippen molar-refractivity contribution in [3.05, 3.63) is 144 Å². The van der Waals surface area contributed by atoms with Gasteiger partial charge in [0.1, 0.15) is 24.6 Å². The molecule has 2 atom stereocenters. The summed E-state index contributed by atoms with van der Waals surface area (Å²) < 4.78 is 12.6. The lowest BCUT2D eigenvalue weighted by Crippen LogP contribution is -2.33. The van der Waals surface area contributed by atoms with Crippen molar-refractivity contribution in [3.8, 4) is 11.5 Å². The molecule has 206 valence electrons. The molecule has 5 aromatic rings. The van der Waals surface area contributed by atoms with E-state index in [0.717, 1.165) is 34.9 Å². The number of hydrogen-bond acceptors (Lipinski definition) is 4. The second kappa shape index (κ2) is 11.5. The number of likely N-dealkylation sites (N-methyl/N-ethyl adjacent to an activating group) is 1. The molecule has 0 unspecified atom stereocenters. The molecule has 0 amide bonds. The van der Waals surface area contributed by atoms with Crippen molar-refractivity contribution in [2.75, 3.05) is 7.05 Å². The fraction of sp³-hybridized carbons (Fsp3) is 0.216. The Morgan fingerprint density at radius 1 is 0.683 bits per heavy atom. The molecule has 41 heavy (non-hydrogen) atoms. The maximum atomic E-state index is 6.33. The molecule has 0 saturated carbocycles. The van der Waals surface area contributed by atoms with Crippen LogP contribution in [0.15, 0.2) is 126 Å². The lowest BCUT2D eigenvalue weighted by molar-refractivity contribution is 0.255. The molecule has 0 aromatic heterocycles. The minimum atomic E-state index is -0.239. The van der Waals surface area contributed by atoms with Crippen LogP contribution in [0.25, 0.3) is 10.8 Å². The van der Waals surface area contributed by atoms with Crippen LogP contribution in [0.4, 0.5) is 0 Å². The molecule has 0 bridgehead atoms. The molecule has 1 aliphatic heterocycles. The fourth-order valence-electron chi connectivity index (χ4n) is 5.55. The van der Waals surface area contributed by atoms with Crippen LogP contribution in [-0.4, -0.2) is 23.3 Å². The standard InChI is InChI=1S/C37H36N2O2/c1-27(32-20-12-18-31-17-10-11-19-33(31)32)39(3)36-37(2,38-36)24-30-21-22-34(40-25-28-13-6-4-7-14-28)35(23-30)41-26-29-15-8-5-9-16-29/h4-23,27H,24-26H2,1-3H3/t27-,37-/m1/s1. The van der Waals surface area contributed by atoms with E-state index in [-0.39, 0.29) is 11.6 Å². The maximum Gasteiger partial charge on any atom is 0.161 e. The van der Waals surface area contributed by atoms with Crippen LogP contribution in [0.5, 0.6) is 11.5 Å². The number of fused-ring (bicyclic) bond motifs is 1. The Kier molecular flexibility index (Phi) is 7.47. The van der Waals surface area contributed by atoms with Gasteiger partial charge >= 0.3 is 0 Å². The number of ether oxygens (including phenoxy) is 2. The molecule has 0 aliphatic carbocycles. The van der Waals surface area contributed by atoms with Gasteiger partial charge in [0.15, 0.2) is 11.5 Å². The molecule has 6 rings (SSSR count). The third-order valence-corrected chi connectivity index (χ3v) is 8.00. The monoisotopic (exact) mass is 540 g/mol. The van der Waals surface area contributed by atoms with Crippen molar-refractivity contribution in [2.24, 2.45) is 4.99 Å². The van der Waals surface area contributed by atoms with E-state index in [1.54, 1.807) is 0 Å². The van der Waals surface area contributed by atoms with Gasteiger partial charge in [0.2, 0.25) is 0 Å². The Morgan fingerprint density at radius 3 is 2.00 bits per heavy atom. The van der Waals surface area contributed by atoms with Gasteiger partial charge in [-0.3, -0.25) is 4.99 Å². The highest BCUT2D eigenvalue weighted by atomic mass is 16.5. The molecule has 0 saturated heterocycles. The Balaban J connectivity index is 1.18. The van der Waals surface area contributed by atoms with Crippen LogP contribution in [0, 0.1) is 0 Å². The molecule has 0 spiro atoms. The fourth-order valence-corrected chi connectivity index (χ4v) is 5.55. The van der Waals surface area contributed by atoms with Crippen LogP contribution in [0.2, 0.25) is 0 Å². The minimum Gasteiger partial charge on any atom is -0.485 e. The highest BCUT2D eigenvalue weighted by Gasteiger charge is 2.46. The van der Waals surface area contributed by atoms with E-state index in [9.17, 15) is 0 Å². The number of benzene rings is 5. The first-order valence-corrected chi connectivity index (χ1v) is 14.3. The smallest absolute Gasteiger partial charge is 0.161 e. The van der Waals surface area contributed by atoms with Gasteiger partial charge in [-0.05, 0) is 59.0 Å². The van der Waals surface area contributed by atoms with Crippen LogP contribution in [-0.2, 0) is 19.6 Å². The van der Waals surface area contributed by atoms with Gasteiger partial charge in [0, 0.05) is 13.5 Å². The molecule has 0 fully saturated rings. The van der Waals surface area contributed by atoms with Crippen molar-refractivity contribution in [2.45, 2.75) is 45.1 Å². The summed E-state index contributed by atoms with van der Waals surface area (Å²) in [6, 6.07) is 42.1. The first kappa shape index (κ1) is 26.6. The van der Waals surface area contributed by atoms with Crippen LogP contribution >= 0.6 is 0 Å². The molecule has 1 aliphatic rings. The van der Waals surface area contributed by atoms with Crippen LogP contribution in [0.1, 0.15) is 42.1 Å². The Labute approximate surface area is 242 Å². The quantitative estimate of drug-likeness (QED) is 0.178. The molecule has 0 N–H and O–H groups in total. The van der Waals surface area contributed by atoms with Gasteiger partial charge < -0.3 is 14.4 Å². The van der Waals surface area contributed by atoms with Crippen molar-refractivity contribution < 1.29 is 9.47 Å². The largest absolute Gasteiger partial charge is 0.485 e. The van der Waals surface area contributed by atoms with Crippen LogP contribution in [0.3, 0.4) is 0 Å². The third kappa shape index (κ3) is 5.97. The first-order valence-electron chi connectivity index (χ1n) is 14.3. The second-order valence-electron chi connectivity index (χ2n) is 11.1. The van der Waals surface area contributed by atoms with Gasteiger partial charge in [0.05, 0.1) is 6.04 Å². The van der Waals surface area contributed by atoms with E-state index in [1.807, 2.05) is 42.5 Å². The minimum absolute atomic E-state index is 0.209. The average molecular weight is 541 g/mol. The van der Waals surface area contributed by atoms with Crippen molar-refractivity contribution in [1.29, 1.82) is 0 Å². The summed E-state index contributed by atoms with van der Waals surface area (Å²) in [7, 11) is 2.16. The van der Waals surface area contributed by atoms with E-state index in [1.165, 1.54) is 21.9 Å². The average Bonchev–Trinajstić information content (AvgIpc) is 3.69. The Bertz CT molecular complexity index is 1660. The summed E-state index contributed by atoms with van der Waals surface area (Å²) >= 11 is 0. The zero-order chi connectivity index (χ0) is 28.2. The maximum absolute atomic E-state index is 6.33. The topological polar surface area (TPSA) is 34.1 Å². The van der Waals surface area contributed by atoms with Crippen molar-refractivity contribution in [3.63, 3.8) is 0 Å². The van der Waals surface area contributed by atoms with Gasteiger partial charge in [-0.25, -0.2) is 0 Å². The summed E-state index contributed by atoms with van der Waals surface area (Å²) in [6.45, 7) is 5.45. The Morgan fingerprint density at radius 2 is 1.29 bits per heavy atom. The molecule has 4 nitrogen and oxygen atoms in total. The van der Waals surface area contributed by atoms with Gasteiger partial charge in [0.25, 0.3) is 0 Å². The zero-order valence-corrected chi connectivity index (χ0v) is 24.0. The lowest BCUT2D eigenvalue weighted by Gasteiger charge is -2.27. The molecular weight excluding hydrogens is 504 g/mol. The molecule has 5 aromatic carbocycles. The first-order chi connectivity index (χ1) is 20.0. The lowest BCUT2D eigenvalue weighted by atomic mass is 9.95. The summed E-state index contributed by atoms with van der Waals surface area (Å²) in [5.74, 6) is 2.64. The van der Waals surface area contributed by atoms with Gasteiger partial charge in [-0.15, -0.1) is 0 Å². The van der Waals surface area contributed by atoms with Crippen molar-refractivity contribution >= 4 is 16.6 Å². The normalized spacial score (nSPS) is 16.6. The Hall–Kier alpha value is -4.57. The molecular formula is C37H36N2O2. The predicted molar refractivity (Wildman–Crippen MR) is 168 cm³/mol. The third-order valence-electron chi connectivity index (χ3n) is 8.00. The van der Waals surface area contributed by atoms with E-state index in [4.69, 9.17) is 14.5 Å². The van der Waals surface area contributed by atoms with E-state index in [0.29, 0.717) is 13.2 Å². The van der Waals surface area contributed by atoms with Crippen molar-refractivity contribution in [1.82, 2.24) is 4.90 Å². The summed E-state index contributed by atoms with van der Waals surface area (Å²) in [5.41, 5.74) is 4.50. The zero-order valence-electron chi connectivity index (χ0n) is 24.0. The highest BCUT2D eigenvalue weighted by molar-refractivity contribution is 6.03. The summed E-state index contributed by atoms with van der Waals surface area (Å²) in [4.78, 5) is 7.33. The van der Waals surface area contributed by atoms with Gasteiger partial charge in [-0.2, -0.15) is 0 Å². The van der Waals surface area contributed by atoms with Crippen LogP contribution < -0.4 is 9.47 Å². The molecule has 0 radical (unpaired) electrons. The number of hydrogen-bond donors (Lipinski definition) is 0. The van der Waals surface area contributed by atoms with E-state index >= 15 is 0 Å². The van der Waals surface area contributed by atoms with E-state index in [2.05, 4.69) is 105 Å². The van der Waals surface area contributed by atoms with Gasteiger partial charge in [-0.1, -0.05) is 109 Å². The summed E-state index contributed by atoms with van der Waals surface area (Å²) in [6.07, 6.45) is 0.801. The highest BCUT2D eigenvalue weighted by Crippen LogP contribution is 2.39.